The molecule has 432 valence electrons. The first-order valence-electron chi connectivity index (χ1n) is 32.1. The van der Waals surface area contributed by atoms with E-state index in [-0.39, 0.29) is 31.1 Å². The number of hydrogen-bond acceptors (Lipinski definition) is 6. The van der Waals surface area contributed by atoms with Gasteiger partial charge in [-0.1, -0.05) is 305 Å². The molecule has 0 radical (unpaired) electrons. The monoisotopic (exact) mass is 1040 g/mol. The summed E-state index contributed by atoms with van der Waals surface area (Å²) >= 11 is 0. The fraction of sp³-hybridized carbons (Fsp3) is 0.754. The van der Waals surface area contributed by atoms with Gasteiger partial charge in [0.15, 0.2) is 6.10 Å². The Labute approximate surface area is 465 Å². The van der Waals surface area contributed by atoms with Crippen LogP contribution in [0.15, 0.2) is 85.1 Å². The highest BCUT2D eigenvalue weighted by Crippen LogP contribution is 2.17. The Hall–Kier alpha value is -3.41. The maximum absolute atomic E-state index is 12.9. The zero-order valence-electron chi connectivity index (χ0n) is 49.6. The molecule has 0 amide bonds. The molecule has 0 aliphatic rings. The molecule has 1 atom stereocenters. The van der Waals surface area contributed by atoms with Crippen molar-refractivity contribution in [1.82, 2.24) is 0 Å². The standard InChI is InChI=1S/C69H120O6/c1-4-7-10-13-16-18-20-22-24-26-28-30-32-34-36-38-40-42-44-46-48-50-53-56-59-62-68(71)74-65-66(64-73-67(70)61-58-55-52-15-12-9-6-3)75-69(72)63-60-57-54-51-49-47-45-43-41-39-37-35-33-31-29-27-25-23-21-19-17-14-11-8-5-2/h7,10,16,18,22,24,28,30,34,36,40,42,46,48,66H,4-6,8-9,11-15,17,19-21,23,25-27,29,31-33,35,37-39,41,43-45,47,49-65H2,1-3H3/b10-7-,18-16-,24-22-,30-28-,36-34-,42-40-,48-46-. The number of allylic oxidation sites excluding steroid dienone is 14. The van der Waals surface area contributed by atoms with Crippen molar-refractivity contribution in [3.8, 4) is 0 Å². The number of rotatable bonds is 58. The fourth-order valence-corrected chi connectivity index (χ4v) is 9.13. The van der Waals surface area contributed by atoms with Gasteiger partial charge >= 0.3 is 17.9 Å². The fourth-order valence-electron chi connectivity index (χ4n) is 9.13. The van der Waals surface area contributed by atoms with Gasteiger partial charge < -0.3 is 14.2 Å². The van der Waals surface area contributed by atoms with Gasteiger partial charge in [-0.25, -0.2) is 0 Å². The summed E-state index contributed by atoms with van der Waals surface area (Å²) in [5, 5.41) is 0. The van der Waals surface area contributed by atoms with Crippen molar-refractivity contribution < 1.29 is 28.6 Å². The molecular weight excluding hydrogens is 925 g/mol. The molecule has 0 N–H and O–H groups in total. The lowest BCUT2D eigenvalue weighted by Gasteiger charge is -2.18. The average molecular weight is 1050 g/mol. The first kappa shape index (κ1) is 71.6. The summed E-state index contributed by atoms with van der Waals surface area (Å²) in [7, 11) is 0. The number of hydrogen-bond donors (Lipinski definition) is 0. The lowest BCUT2D eigenvalue weighted by molar-refractivity contribution is -0.167. The van der Waals surface area contributed by atoms with Gasteiger partial charge in [-0.2, -0.15) is 0 Å². The normalized spacial score (nSPS) is 12.6. The Bertz CT molecular complexity index is 1430. The first-order valence-corrected chi connectivity index (χ1v) is 32.1. The number of carbonyl (C=O) groups excluding carboxylic acids is 3. The predicted octanol–water partition coefficient (Wildman–Crippen LogP) is 21.9. The highest BCUT2D eigenvalue weighted by molar-refractivity contribution is 5.71. The van der Waals surface area contributed by atoms with Crippen LogP contribution in [0.4, 0.5) is 0 Å². The molecule has 0 aliphatic heterocycles. The lowest BCUT2D eigenvalue weighted by atomic mass is 10.0. The second-order valence-corrected chi connectivity index (χ2v) is 21.3. The van der Waals surface area contributed by atoms with Crippen LogP contribution < -0.4 is 0 Å². The van der Waals surface area contributed by atoms with Crippen molar-refractivity contribution in [2.24, 2.45) is 0 Å². The van der Waals surface area contributed by atoms with E-state index in [4.69, 9.17) is 14.2 Å². The van der Waals surface area contributed by atoms with Crippen molar-refractivity contribution in [2.45, 2.75) is 322 Å². The van der Waals surface area contributed by atoms with Gasteiger partial charge in [0, 0.05) is 19.3 Å². The number of ether oxygens (including phenoxy) is 3. The summed E-state index contributed by atoms with van der Waals surface area (Å²) in [4.78, 5) is 38.1. The molecule has 0 aromatic carbocycles. The smallest absolute Gasteiger partial charge is 0.306 e. The Kier molecular flexibility index (Phi) is 60.3. The van der Waals surface area contributed by atoms with E-state index in [1.54, 1.807) is 0 Å². The van der Waals surface area contributed by atoms with Crippen LogP contribution in [-0.4, -0.2) is 37.2 Å². The molecular formula is C69H120O6. The van der Waals surface area contributed by atoms with Gasteiger partial charge in [0.25, 0.3) is 0 Å². The van der Waals surface area contributed by atoms with Crippen molar-refractivity contribution in [1.29, 1.82) is 0 Å². The third-order valence-corrected chi connectivity index (χ3v) is 13.9. The average Bonchev–Trinajstić information content (AvgIpc) is 3.41. The van der Waals surface area contributed by atoms with Crippen LogP contribution in [0.3, 0.4) is 0 Å². The van der Waals surface area contributed by atoms with E-state index in [0.29, 0.717) is 19.3 Å². The Morgan fingerprint density at radius 3 is 0.813 bits per heavy atom. The molecule has 0 spiro atoms. The molecule has 0 aromatic heterocycles. The lowest BCUT2D eigenvalue weighted by Crippen LogP contribution is -2.30. The third kappa shape index (κ3) is 61.3. The molecule has 0 bridgehead atoms. The highest BCUT2D eigenvalue weighted by Gasteiger charge is 2.19. The Balaban J connectivity index is 4.19. The summed E-state index contributed by atoms with van der Waals surface area (Å²) in [6.45, 7) is 6.49. The molecule has 1 unspecified atom stereocenters. The van der Waals surface area contributed by atoms with Crippen molar-refractivity contribution in [3.05, 3.63) is 85.1 Å². The highest BCUT2D eigenvalue weighted by atomic mass is 16.6. The van der Waals surface area contributed by atoms with Crippen LogP contribution in [-0.2, 0) is 28.6 Å². The van der Waals surface area contributed by atoms with Crippen molar-refractivity contribution in [3.63, 3.8) is 0 Å². The van der Waals surface area contributed by atoms with E-state index in [2.05, 4.69) is 106 Å². The molecule has 0 heterocycles. The van der Waals surface area contributed by atoms with Gasteiger partial charge in [0.05, 0.1) is 0 Å². The number of carbonyl (C=O) groups is 3. The van der Waals surface area contributed by atoms with Crippen LogP contribution in [0.5, 0.6) is 0 Å². The maximum atomic E-state index is 12.9. The van der Waals surface area contributed by atoms with E-state index in [1.165, 1.54) is 167 Å². The summed E-state index contributed by atoms with van der Waals surface area (Å²) in [5.74, 6) is -0.913. The minimum absolute atomic E-state index is 0.0846. The van der Waals surface area contributed by atoms with E-state index in [0.717, 1.165) is 109 Å². The topological polar surface area (TPSA) is 78.9 Å². The van der Waals surface area contributed by atoms with Gasteiger partial charge in [0.2, 0.25) is 0 Å². The van der Waals surface area contributed by atoms with Crippen LogP contribution in [0.25, 0.3) is 0 Å². The molecule has 0 fully saturated rings. The summed E-state index contributed by atoms with van der Waals surface area (Å²) < 4.78 is 16.8. The minimum atomic E-state index is -0.787. The number of esters is 3. The van der Waals surface area contributed by atoms with Crippen LogP contribution in [0, 0.1) is 0 Å². The molecule has 6 heteroatoms. The van der Waals surface area contributed by atoms with Gasteiger partial charge in [-0.3, -0.25) is 14.4 Å². The zero-order chi connectivity index (χ0) is 54.3. The summed E-state index contributed by atoms with van der Waals surface area (Å²) in [5.41, 5.74) is 0. The maximum Gasteiger partial charge on any atom is 0.306 e. The summed E-state index contributed by atoms with van der Waals surface area (Å²) in [6.07, 6.45) is 83.4. The first-order chi connectivity index (χ1) is 37.0. The largest absolute Gasteiger partial charge is 0.462 e. The van der Waals surface area contributed by atoms with Gasteiger partial charge in [-0.15, -0.1) is 0 Å². The zero-order valence-corrected chi connectivity index (χ0v) is 49.6. The molecule has 0 saturated heterocycles. The molecule has 75 heavy (non-hydrogen) atoms. The molecule has 0 rings (SSSR count). The number of unbranched alkanes of at least 4 members (excludes halogenated alkanes) is 33. The Morgan fingerprint density at radius 1 is 0.280 bits per heavy atom. The molecule has 0 aliphatic carbocycles. The minimum Gasteiger partial charge on any atom is -0.462 e. The third-order valence-electron chi connectivity index (χ3n) is 13.9. The van der Waals surface area contributed by atoms with E-state index < -0.39 is 6.10 Å². The second-order valence-electron chi connectivity index (χ2n) is 21.3. The van der Waals surface area contributed by atoms with E-state index in [1.807, 2.05) is 0 Å². The van der Waals surface area contributed by atoms with Crippen molar-refractivity contribution in [2.75, 3.05) is 13.2 Å². The van der Waals surface area contributed by atoms with Crippen LogP contribution >= 0.6 is 0 Å². The van der Waals surface area contributed by atoms with Crippen LogP contribution in [0.2, 0.25) is 0 Å². The molecule has 0 saturated carbocycles. The van der Waals surface area contributed by atoms with Gasteiger partial charge in [-0.05, 0) is 77.0 Å². The molecule has 0 aromatic rings. The molecule has 6 nitrogen and oxygen atoms in total. The Morgan fingerprint density at radius 2 is 0.520 bits per heavy atom. The predicted molar refractivity (Wildman–Crippen MR) is 325 cm³/mol. The second kappa shape index (κ2) is 63.1. The van der Waals surface area contributed by atoms with Crippen LogP contribution in [0.1, 0.15) is 316 Å². The van der Waals surface area contributed by atoms with E-state index in [9.17, 15) is 14.4 Å². The quantitative estimate of drug-likeness (QED) is 0.0261. The SMILES string of the molecule is CC/C=C\C/C=C\C/C=C\C/C=C\C/C=C\C/C=C\C/C=C\CCCCCC(=O)OCC(COC(=O)CCCCCCCCC)OC(=O)CCCCCCCCCCCCCCCCCCCCCCCCCCC. The van der Waals surface area contributed by atoms with Crippen molar-refractivity contribution >= 4 is 17.9 Å². The van der Waals surface area contributed by atoms with Gasteiger partial charge in [0.1, 0.15) is 13.2 Å². The van der Waals surface area contributed by atoms with E-state index >= 15 is 0 Å². The summed E-state index contributed by atoms with van der Waals surface area (Å²) in [6, 6.07) is 0.